The fourth-order valence-electron chi connectivity index (χ4n) is 2.76. The lowest BCUT2D eigenvalue weighted by Gasteiger charge is -2.10. The van der Waals surface area contributed by atoms with Gasteiger partial charge in [-0.25, -0.2) is 4.98 Å². The molecule has 0 aliphatic heterocycles. The van der Waals surface area contributed by atoms with Gasteiger partial charge in [0, 0.05) is 28.6 Å². The molecule has 0 unspecified atom stereocenters. The summed E-state index contributed by atoms with van der Waals surface area (Å²) in [7, 11) is 2.75. The molecule has 0 radical (unpaired) electrons. The number of rotatable bonds is 7. The molecule has 10 heteroatoms. The Morgan fingerprint density at radius 3 is 2.57 bits per heavy atom. The number of hydrogen-bond donors (Lipinski definition) is 1. The number of carbonyl (C=O) groups is 1. The Labute approximate surface area is 181 Å². The summed E-state index contributed by atoms with van der Waals surface area (Å²) in [6.07, 6.45) is 2.25. The average Bonchev–Trinajstić information content (AvgIpc) is 3.16. The Morgan fingerprint density at radius 1 is 1.23 bits per heavy atom. The smallest absolute Gasteiger partial charge is 0.286 e. The van der Waals surface area contributed by atoms with E-state index in [2.05, 4.69) is 10.3 Å². The quantitative estimate of drug-likeness (QED) is 0.409. The first-order valence-electron chi connectivity index (χ1n) is 8.74. The maximum atomic E-state index is 12.7. The molecule has 0 spiro atoms. The SMILES string of the molecule is COc1cc(C(=O)Nc2ncc(Cc3ccc(C)c(Cl)c3)s2)c([N+](=O)[O-])cc1OC. The van der Waals surface area contributed by atoms with Crippen molar-refractivity contribution in [1.29, 1.82) is 0 Å². The van der Waals surface area contributed by atoms with E-state index in [0.717, 1.165) is 22.1 Å². The normalized spacial score (nSPS) is 10.5. The summed E-state index contributed by atoms with van der Waals surface area (Å²) < 4.78 is 10.2. The second-order valence-corrected chi connectivity index (χ2v) is 7.85. The zero-order chi connectivity index (χ0) is 21.8. The molecular weight excluding hydrogens is 430 g/mol. The van der Waals surface area contributed by atoms with Gasteiger partial charge in [0.15, 0.2) is 16.6 Å². The fraction of sp³-hybridized carbons (Fsp3) is 0.200. The van der Waals surface area contributed by atoms with Gasteiger partial charge in [0.05, 0.1) is 25.2 Å². The molecule has 0 aliphatic rings. The topological polar surface area (TPSA) is 104 Å². The molecule has 8 nitrogen and oxygen atoms in total. The van der Waals surface area contributed by atoms with Gasteiger partial charge in [0.25, 0.3) is 11.6 Å². The van der Waals surface area contributed by atoms with Gasteiger partial charge in [0.2, 0.25) is 0 Å². The fourth-order valence-corrected chi connectivity index (χ4v) is 3.81. The molecule has 0 saturated carbocycles. The number of nitrogens with zero attached hydrogens (tertiary/aromatic N) is 2. The van der Waals surface area contributed by atoms with Crippen LogP contribution in [0, 0.1) is 17.0 Å². The van der Waals surface area contributed by atoms with E-state index >= 15 is 0 Å². The monoisotopic (exact) mass is 447 g/mol. The molecule has 0 fully saturated rings. The first kappa shape index (κ1) is 21.5. The Balaban J connectivity index is 1.81. The molecule has 0 saturated heterocycles. The predicted molar refractivity (Wildman–Crippen MR) is 115 cm³/mol. The largest absolute Gasteiger partial charge is 0.493 e. The Hall–Kier alpha value is -3.17. The number of thiazole rings is 1. The molecule has 3 aromatic rings. The number of hydrogen-bond acceptors (Lipinski definition) is 7. The summed E-state index contributed by atoms with van der Waals surface area (Å²) in [5, 5.41) is 15.0. The second kappa shape index (κ2) is 9.10. The Morgan fingerprint density at radius 2 is 1.93 bits per heavy atom. The van der Waals surface area contributed by atoms with E-state index in [9.17, 15) is 14.9 Å². The van der Waals surface area contributed by atoms with Crippen molar-refractivity contribution in [2.45, 2.75) is 13.3 Å². The number of carbonyl (C=O) groups excluding carboxylic acids is 1. The number of methoxy groups -OCH3 is 2. The molecule has 1 aromatic heterocycles. The molecular formula is C20H18ClN3O5S. The Bertz CT molecular complexity index is 1120. The highest BCUT2D eigenvalue weighted by Crippen LogP contribution is 2.35. The number of ether oxygens (including phenoxy) is 2. The molecule has 0 aliphatic carbocycles. The van der Waals surface area contributed by atoms with Gasteiger partial charge < -0.3 is 9.47 Å². The third-order valence-electron chi connectivity index (χ3n) is 4.33. The van der Waals surface area contributed by atoms with Crippen LogP contribution in [-0.4, -0.2) is 30.0 Å². The summed E-state index contributed by atoms with van der Waals surface area (Å²) in [6, 6.07) is 8.24. The summed E-state index contributed by atoms with van der Waals surface area (Å²) in [6.45, 7) is 1.93. The zero-order valence-corrected chi connectivity index (χ0v) is 18.0. The number of aromatic nitrogens is 1. The molecule has 2 aromatic carbocycles. The maximum Gasteiger partial charge on any atom is 0.286 e. The third kappa shape index (κ3) is 4.69. The lowest BCUT2D eigenvalue weighted by Crippen LogP contribution is -2.14. The number of nitro benzene ring substituents is 1. The van der Waals surface area contributed by atoms with Gasteiger partial charge in [0.1, 0.15) is 5.56 Å². The van der Waals surface area contributed by atoms with Crippen molar-refractivity contribution in [3.63, 3.8) is 0 Å². The number of halogens is 1. The number of nitro groups is 1. The van der Waals surface area contributed by atoms with Crippen LogP contribution in [0.25, 0.3) is 0 Å². The van der Waals surface area contributed by atoms with Crippen molar-refractivity contribution in [1.82, 2.24) is 4.98 Å². The van der Waals surface area contributed by atoms with Crippen LogP contribution in [0.5, 0.6) is 11.5 Å². The average molecular weight is 448 g/mol. The minimum atomic E-state index is -0.665. The number of anilines is 1. The molecule has 0 bridgehead atoms. The summed E-state index contributed by atoms with van der Waals surface area (Å²) in [4.78, 5) is 28.6. The molecule has 0 atom stereocenters. The minimum absolute atomic E-state index is 0.153. The predicted octanol–water partition coefficient (Wildman–Crippen LogP) is 4.87. The standard InChI is InChI=1S/C20H18ClN3O5S/c1-11-4-5-12(7-15(11)21)6-13-10-22-20(30-13)23-19(25)14-8-17(28-2)18(29-3)9-16(14)24(26)27/h4-5,7-10H,6H2,1-3H3,(H,22,23,25). The van der Waals surface area contributed by atoms with Gasteiger partial charge in [-0.1, -0.05) is 23.7 Å². The highest BCUT2D eigenvalue weighted by Gasteiger charge is 2.25. The first-order valence-corrected chi connectivity index (χ1v) is 9.93. The second-order valence-electron chi connectivity index (χ2n) is 6.33. The summed E-state index contributed by atoms with van der Waals surface area (Å²) in [5.41, 5.74) is 1.47. The molecule has 30 heavy (non-hydrogen) atoms. The highest BCUT2D eigenvalue weighted by atomic mass is 35.5. The molecule has 1 N–H and O–H groups in total. The zero-order valence-electron chi connectivity index (χ0n) is 16.4. The van der Waals surface area contributed by atoms with E-state index in [4.69, 9.17) is 21.1 Å². The van der Waals surface area contributed by atoms with E-state index < -0.39 is 16.5 Å². The highest BCUT2D eigenvalue weighted by molar-refractivity contribution is 7.15. The van der Waals surface area contributed by atoms with Crippen molar-refractivity contribution in [2.75, 3.05) is 19.5 Å². The van der Waals surface area contributed by atoms with Crippen molar-refractivity contribution in [2.24, 2.45) is 0 Å². The lowest BCUT2D eigenvalue weighted by atomic mass is 10.1. The lowest BCUT2D eigenvalue weighted by molar-refractivity contribution is -0.385. The van der Waals surface area contributed by atoms with E-state index in [1.54, 1.807) is 6.20 Å². The van der Waals surface area contributed by atoms with Crippen LogP contribution in [0.3, 0.4) is 0 Å². The number of benzene rings is 2. The van der Waals surface area contributed by atoms with Crippen molar-refractivity contribution in [3.8, 4) is 11.5 Å². The van der Waals surface area contributed by atoms with Crippen LogP contribution in [0.2, 0.25) is 5.02 Å². The van der Waals surface area contributed by atoms with Crippen molar-refractivity contribution < 1.29 is 19.2 Å². The minimum Gasteiger partial charge on any atom is -0.493 e. The van der Waals surface area contributed by atoms with Gasteiger partial charge in [-0.3, -0.25) is 20.2 Å². The molecule has 156 valence electrons. The first-order chi connectivity index (χ1) is 14.3. The van der Waals surface area contributed by atoms with Crippen molar-refractivity contribution in [3.05, 3.63) is 73.2 Å². The van der Waals surface area contributed by atoms with Gasteiger partial charge in [-0.2, -0.15) is 0 Å². The van der Waals surface area contributed by atoms with Gasteiger partial charge in [-0.15, -0.1) is 11.3 Å². The molecule has 1 amide bonds. The third-order valence-corrected chi connectivity index (χ3v) is 5.65. The van der Waals surface area contributed by atoms with Crippen molar-refractivity contribution >= 4 is 39.7 Å². The summed E-state index contributed by atoms with van der Waals surface area (Å²) >= 11 is 7.45. The number of amides is 1. The van der Waals surface area contributed by atoms with Crippen LogP contribution in [0.4, 0.5) is 10.8 Å². The van der Waals surface area contributed by atoms with E-state index in [-0.39, 0.29) is 17.1 Å². The van der Waals surface area contributed by atoms with Crippen LogP contribution >= 0.6 is 22.9 Å². The maximum absolute atomic E-state index is 12.7. The number of nitrogens with one attached hydrogen (secondary N) is 1. The number of aryl methyl sites for hydroxylation is 1. The summed E-state index contributed by atoms with van der Waals surface area (Å²) in [5.74, 6) is -0.291. The van der Waals surface area contributed by atoms with E-state index in [1.165, 1.54) is 31.6 Å². The molecule has 3 rings (SSSR count). The molecule has 1 heterocycles. The van der Waals surface area contributed by atoms with E-state index in [0.29, 0.717) is 16.6 Å². The van der Waals surface area contributed by atoms with E-state index in [1.807, 2.05) is 25.1 Å². The van der Waals surface area contributed by atoms with Crippen LogP contribution in [0.15, 0.2) is 36.5 Å². The van der Waals surface area contributed by atoms with Crippen LogP contribution in [-0.2, 0) is 6.42 Å². The van der Waals surface area contributed by atoms with Gasteiger partial charge >= 0.3 is 0 Å². The Kier molecular flexibility index (Phi) is 6.53. The van der Waals surface area contributed by atoms with Gasteiger partial charge in [-0.05, 0) is 24.1 Å². The van der Waals surface area contributed by atoms with Crippen LogP contribution < -0.4 is 14.8 Å². The van der Waals surface area contributed by atoms with Crippen LogP contribution in [0.1, 0.15) is 26.4 Å².